The van der Waals surface area contributed by atoms with E-state index in [-0.39, 0.29) is 11.4 Å². The molecule has 0 N–H and O–H groups in total. The van der Waals surface area contributed by atoms with Crippen LogP contribution in [0.4, 0.5) is 8.78 Å². The fourth-order valence-corrected chi connectivity index (χ4v) is 0.743. The normalized spacial score (nSPS) is 10.3. The smallest absolute Gasteiger partial charge is 0.388 e. The maximum Gasteiger partial charge on any atom is 0.388 e. The molecule has 0 spiro atoms. The molecule has 0 atom stereocenters. The summed E-state index contributed by atoms with van der Waals surface area (Å²) < 4.78 is 28.5. The quantitative estimate of drug-likeness (QED) is 0.641. The van der Waals surface area contributed by atoms with Crippen molar-refractivity contribution < 1.29 is 18.3 Å². The Morgan fingerprint density at radius 1 is 1.75 bits per heavy atom. The molecule has 1 aromatic heterocycles. The SMILES string of the molecule is Cn1cc(C=O)c(OC(F)F)n1. The Morgan fingerprint density at radius 2 is 2.42 bits per heavy atom. The first-order chi connectivity index (χ1) is 5.63. The lowest BCUT2D eigenvalue weighted by molar-refractivity contribution is -0.0533. The Morgan fingerprint density at radius 3 is 2.92 bits per heavy atom. The second kappa shape index (κ2) is 3.29. The van der Waals surface area contributed by atoms with Crippen LogP contribution in [0.15, 0.2) is 6.20 Å². The van der Waals surface area contributed by atoms with Crippen LogP contribution < -0.4 is 4.74 Å². The molecule has 0 unspecified atom stereocenters. The lowest BCUT2D eigenvalue weighted by Crippen LogP contribution is -2.04. The predicted octanol–water partition coefficient (Wildman–Crippen LogP) is 0.834. The Labute approximate surface area is 66.7 Å². The number of carbonyl (C=O) groups is 1. The molecule has 4 nitrogen and oxygen atoms in total. The average Bonchev–Trinajstić information content (AvgIpc) is 2.29. The van der Waals surface area contributed by atoms with Gasteiger partial charge in [0.05, 0.1) is 5.56 Å². The van der Waals surface area contributed by atoms with Crippen molar-refractivity contribution in [2.75, 3.05) is 0 Å². The van der Waals surface area contributed by atoms with E-state index in [1.165, 1.54) is 17.9 Å². The summed E-state index contributed by atoms with van der Waals surface area (Å²) in [5, 5.41) is 3.50. The molecule has 0 amide bonds. The highest BCUT2D eigenvalue weighted by Gasteiger charge is 2.12. The summed E-state index contributed by atoms with van der Waals surface area (Å²) in [5.41, 5.74) is 0.0119. The van der Waals surface area contributed by atoms with Crippen LogP contribution in [0.1, 0.15) is 10.4 Å². The number of nitrogens with zero attached hydrogens (tertiary/aromatic N) is 2. The number of ether oxygens (including phenoxy) is 1. The van der Waals surface area contributed by atoms with Gasteiger partial charge in [-0.3, -0.25) is 9.48 Å². The Hall–Kier alpha value is -1.46. The lowest BCUT2D eigenvalue weighted by Gasteiger charge is -1.98. The van der Waals surface area contributed by atoms with Crippen molar-refractivity contribution in [1.29, 1.82) is 0 Å². The van der Waals surface area contributed by atoms with Crippen LogP contribution in [-0.2, 0) is 7.05 Å². The van der Waals surface area contributed by atoms with Crippen LogP contribution in [0.5, 0.6) is 5.88 Å². The highest BCUT2D eigenvalue weighted by Crippen LogP contribution is 2.15. The average molecular weight is 176 g/mol. The van der Waals surface area contributed by atoms with E-state index in [9.17, 15) is 13.6 Å². The molecule has 0 saturated carbocycles. The molecule has 1 rings (SSSR count). The van der Waals surface area contributed by atoms with Gasteiger partial charge in [0.2, 0.25) is 5.88 Å². The van der Waals surface area contributed by atoms with Gasteiger partial charge in [-0.15, -0.1) is 5.10 Å². The summed E-state index contributed by atoms with van der Waals surface area (Å²) in [4.78, 5) is 10.2. The topological polar surface area (TPSA) is 44.1 Å². The van der Waals surface area contributed by atoms with Gasteiger partial charge in [-0.25, -0.2) is 0 Å². The third-order valence-electron chi connectivity index (χ3n) is 1.15. The van der Waals surface area contributed by atoms with Gasteiger partial charge in [0.1, 0.15) is 0 Å². The molecule has 0 aromatic carbocycles. The van der Waals surface area contributed by atoms with Gasteiger partial charge in [0, 0.05) is 13.2 Å². The standard InChI is InChI=1S/C6H6F2N2O2/c1-10-2-4(3-11)5(9-10)12-6(7)8/h2-3,6H,1H3. The van der Waals surface area contributed by atoms with Crippen LogP contribution in [0.3, 0.4) is 0 Å². The van der Waals surface area contributed by atoms with Crippen LogP contribution in [-0.4, -0.2) is 22.7 Å². The zero-order chi connectivity index (χ0) is 9.14. The molecule has 66 valence electrons. The van der Waals surface area contributed by atoms with Gasteiger partial charge >= 0.3 is 6.61 Å². The molecule has 0 bridgehead atoms. The molecule has 1 heterocycles. The minimum atomic E-state index is -2.96. The number of aromatic nitrogens is 2. The zero-order valence-corrected chi connectivity index (χ0v) is 6.20. The van der Waals surface area contributed by atoms with E-state index in [0.717, 1.165) is 0 Å². The third-order valence-corrected chi connectivity index (χ3v) is 1.15. The van der Waals surface area contributed by atoms with Crippen molar-refractivity contribution >= 4 is 6.29 Å². The summed E-state index contributed by atoms with van der Waals surface area (Å²) in [6.45, 7) is -2.96. The van der Waals surface area contributed by atoms with E-state index in [4.69, 9.17) is 0 Å². The maximum atomic E-state index is 11.7. The van der Waals surface area contributed by atoms with E-state index in [1.807, 2.05) is 0 Å². The van der Waals surface area contributed by atoms with E-state index < -0.39 is 6.61 Å². The van der Waals surface area contributed by atoms with Crippen LogP contribution in [0, 0.1) is 0 Å². The minimum Gasteiger partial charge on any atom is -0.415 e. The van der Waals surface area contributed by atoms with Gasteiger partial charge in [-0.2, -0.15) is 8.78 Å². The highest BCUT2D eigenvalue weighted by molar-refractivity contribution is 5.77. The second-order valence-electron chi connectivity index (χ2n) is 2.06. The van der Waals surface area contributed by atoms with Gasteiger partial charge in [-0.05, 0) is 0 Å². The molecule has 12 heavy (non-hydrogen) atoms. The molecular formula is C6H6F2N2O2. The van der Waals surface area contributed by atoms with Gasteiger partial charge in [-0.1, -0.05) is 0 Å². The number of hydrogen-bond acceptors (Lipinski definition) is 3. The van der Waals surface area contributed by atoms with Gasteiger partial charge in [0.15, 0.2) is 6.29 Å². The van der Waals surface area contributed by atoms with Crippen molar-refractivity contribution in [1.82, 2.24) is 9.78 Å². The van der Waals surface area contributed by atoms with E-state index in [1.54, 1.807) is 0 Å². The van der Waals surface area contributed by atoms with Gasteiger partial charge < -0.3 is 4.74 Å². The summed E-state index contributed by atoms with van der Waals surface area (Å²) in [5.74, 6) is -0.345. The largest absolute Gasteiger partial charge is 0.415 e. The molecule has 0 aliphatic rings. The molecule has 6 heteroatoms. The maximum absolute atomic E-state index is 11.7. The Kier molecular flexibility index (Phi) is 2.37. The van der Waals surface area contributed by atoms with Crippen molar-refractivity contribution in [2.45, 2.75) is 6.61 Å². The van der Waals surface area contributed by atoms with Crippen LogP contribution in [0.2, 0.25) is 0 Å². The first kappa shape index (κ1) is 8.63. The predicted molar refractivity (Wildman–Crippen MR) is 35.2 cm³/mol. The molecular weight excluding hydrogens is 170 g/mol. The van der Waals surface area contributed by atoms with Crippen LogP contribution in [0.25, 0.3) is 0 Å². The van der Waals surface area contributed by atoms with Gasteiger partial charge in [0.25, 0.3) is 0 Å². The molecule has 0 fully saturated rings. The van der Waals surface area contributed by atoms with Crippen molar-refractivity contribution in [3.05, 3.63) is 11.8 Å². The van der Waals surface area contributed by atoms with E-state index >= 15 is 0 Å². The number of alkyl halides is 2. The molecule has 0 saturated heterocycles. The van der Waals surface area contributed by atoms with E-state index in [0.29, 0.717) is 6.29 Å². The fraction of sp³-hybridized carbons (Fsp3) is 0.333. The van der Waals surface area contributed by atoms with E-state index in [2.05, 4.69) is 9.84 Å². The number of rotatable bonds is 3. The number of hydrogen-bond donors (Lipinski definition) is 0. The molecule has 0 aliphatic carbocycles. The number of aldehydes is 1. The fourth-order valence-electron chi connectivity index (χ4n) is 0.743. The van der Waals surface area contributed by atoms with Crippen molar-refractivity contribution in [3.8, 4) is 5.88 Å². The Balaban J connectivity index is 2.89. The van der Waals surface area contributed by atoms with Crippen molar-refractivity contribution in [3.63, 3.8) is 0 Å². The molecule has 0 aliphatic heterocycles. The number of carbonyl (C=O) groups excluding carboxylic acids is 1. The number of aryl methyl sites for hydroxylation is 1. The Bertz CT molecular complexity index is 285. The molecule has 0 radical (unpaired) electrons. The second-order valence-corrected chi connectivity index (χ2v) is 2.06. The third kappa shape index (κ3) is 1.77. The summed E-state index contributed by atoms with van der Waals surface area (Å²) in [6, 6.07) is 0. The zero-order valence-electron chi connectivity index (χ0n) is 6.20. The first-order valence-electron chi connectivity index (χ1n) is 3.07. The summed E-state index contributed by atoms with van der Waals surface area (Å²) >= 11 is 0. The lowest BCUT2D eigenvalue weighted by atomic mass is 10.4. The minimum absolute atomic E-state index is 0.0119. The van der Waals surface area contributed by atoms with Crippen LogP contribution >= 0.6 is 0 Å². The monoisotopic (exact) mass is 176 g/mol. The van der Waals surface area contributed by atoms with Crippen molar-refractivity contribution in [2.24, 2.45) is 7.05 Å². The highest BCUT2D eigenvalue weighted by atomic mass is 19.3. The number of halogens is 2. The summed E-state index contributed by atoms with van der Waals surface area (Å²) in [6.07, 6.45) is 1.70. The first-order valence-corrected chi connectivity index (χ1v) is 3.07. The molecule has 1 aromatic rings. The summed E-state index contributed by atoms with van der Waals surface area (Å²) in [7, 11) is 1.51.